The number of likely N-dealkylation sites (tertiary alicyclic amines) is 1. The van der Waals surface area contributed by atoms with Gasteiger partial charge in [0.1, 0.15) is 29.8 Å². The van der Waals surface area contributed by atoms with Gasteiger partial charge >= 0.3 is 12.1 Å². The predicted molar refractivity (Wildman–Crippen MR) is 176 cm³/mol. The number of hydrogen-bond donors (Lipinski definition) is 3. The van der Waals surface area contributed by atoms with Crippen LogP contribution in [-0.2, 0) is 30.4 Å². The lowest BCUT2D eigenvalue weighted by atomic mass is 9.85. The highest BCUT2D eigenvalue weighted by Gasteiger charge is 2.61. The van der Waals surface area contributed by atoms with Gasteiger partial charge in [0.25, 0.3) is 0 Å². The van der Waals surface area contributed by atoms with E-state index in [1.54, 1.807) is 14.2 Å². The summed E-state index contributed by atoms with van der Waals surface area (Å²) in [6, 6.07) is 1.71. The summed E-state index contributed by atoms with van der Waals surface area (Å²) >= 11 is 0. The van der Waals surface area contributed by atoms with Crippen molar-refractivity contribution in [3.63, 3.8) is 0 Å². The van der Waals surface area contributed by atoms with Crippen LogP contribution in [0.3, 0.4) is 0 Å². The Balaban J connectivity index is 1.39. The molecule has 0 radical (unpaired) electrons. The Hall–Kier alpha value is -4.29. The molecule has 262 valence electrons. The van der Waals surface area contributed by atoms with Crippen molar-refractivity contribution in [2.75, 3.05) is 20.8 Å². The number of carboxylic acids is 1. The molecule has 3 fully saturated rings. The molecule has 13 heteroatoms. The topological polar surface area (TPSA) is 165 Å². The molecule has 1 heterocycles. The first-order valence-corrected chi connectivity index (χ1v) is 16.7. The predicted octanol–water partition coefficient (Wildman–Crippen LogP) is 3.96. The van der Waals surface area contributed by atoms with Gasteiger partial charge in [-0.3, -0.25) is 9.59 Å². The summed E-state index contributed by atoms with van der Waals surface area (Å²) in [5.41, 5.74) is 0.411. The van der Waals surface area contributed by atoms with Gasteiger partial charge in [0.2, 0.25) is 11.8 Å². The van der Waals surface area contributed by atoms with Gasteiger partial charge in [-0.15, -0.1) is 6.58 Å². The molecule has 5 atom stereocenters. The molecular formula is C35H48N4O9. The van der Waals surface area contributed by atoms with Crippen molar-refractivity contribution in [1.29, 1.82) is 0 Å². The molecular weight excluding hydrogens is 620 g/mol. The van der Waals surface area contributed by atoms with Crippen LogP contribution in [0.15, 0.2) is 29.9 Å². The summed E-state index contributed by atoms with van der Waals surface area (Å²) in [4.78, 5) is 60.7. The second-order valence-corrected chi connectivity index (χ2v) is 14.3. The summed E-state index contributed by atoms with van der Waals surface area (Å²) in [6.45, 7) is 9.16. The Morgan fingerprint density at radius 1 is 1.06 bits per heavy atom. The summed E-state index contributed by atoms with van der Waals surface area (Å²) in [7, 11) is 3.15. The SMILES string of the molecule is C=C[C@@H]1C[C@@]1(NC(=O)[C@@H]1C[C@@H](O/N=C2\CCCc3cc(OC)c(OC)cc32)CN1C(=O)[C@@H](NC(=O)OC1CCCC1)C(C)(C)C)C(=O)O. The van der Waals surface area contributed by atoms with E-state index in [1.807, 2.05) is 32.9 Å². The smallest absolute Gasteiger partial charge is 0.408 e. The Morgan fingerprint density at radius 2 is 1.75 bits per heavy atom. The van der Waals surface area contributed by atoms with Gasteiger partial charge in [0, 0.05) is 17.9 Å². The summed E-state index contributed by atoms with van der Waals surface area (Å²) in [5, 5.41) is 19.9. The second kappa shape index (κ2) is 14.1. The molecule has 0 spiro atoms. The molecule has 5 rings (SSSR count). The first-order valence-electron chi connectivity index (χ1n) is 16.7. The molecule has 1 aromatic carbocycles. The first kappa shape index (κ1) is 35.0. The van der Waals surface area contributed by atoms with Crippen LogP contribution in [-0.4, -0.2) is 90.2 Å². The van der Waals surface area contributed by atoms with E-state index in [2.05, 4.69) is 22.4 Å². The van der Waals surface area contributed by atoms with E-state index < -0.39 is 58.9 Å². The molecule has 4 aliphatic rings. The standard InChI is InChI=1S/C35H48N4O9/c1-7-21-18-35(21,32(42)43)37-30(40)26-16-23(48-38-25-14-10-11-20-15-27(45-5)28(46-6)17-24(20)25)19-39(26)31(41)29(34(2,3)4)36-33(44)47-22-12-8-9-13-22/h7,15,17,21-23,26,29H,1,8-14,16,18-19H2,2-6H3,(H,36,44)(H,37,40)(H,42,43)/b38-25+/t21-,23-,26+,29-,35+/m1/s1. The maximum absolute atomic E-state index is 14.3. The fraction of sp³-hybridized carbons (Fsp3) is 0.629. The zero-order valence-electron chi connectivity index (χ0n) is 28.5. The van der Waals surface area contributed by atoms with E-state index in [9.17, 15) is 24.3 Å². The number of alkyl carbamates (subject to hydrolysis) is 1. The molecule has 1 aromatic rings. The number of aliphatic carboxylic acids is 1. The molecule has 3 aliphatic carbocycles. The van der Waals surface area contributed by atoms with Gasteiger partial charge in [-0.1, -0.05) is 32.0 Å². The Morgan fingerprint density at radius 3 is 2.35 bits per heavy atom. The summed E-state index contributed by atoms with van der Waals surface area (Å²) in [6.07, 6.45) is 6.09. The first-order chi connectivity index (χ1) is 22.8. The summed E-state index contributed by atoms with van der Waals surface area (Å²) < 4.78 is 16.6. The van der Waals surface area contributed by atoms with E-state index in [-0.39, 0.29) is 25.5 Å². The zero-order chi connectivity index (χ0) is 34.8. The van der Waals surface area contributed by atoms with Gasteiger partial charge in [-0.05, 0) is 74.5 Å². The van der Waals surface area contributed by atoms with Crippen molar-refractivity contribution in [1.82, 2.24) is 15.5 Å². The normalized spacial score (nSPS) is 26.6. The van der Waals surface area contributed by atoms with Crippen LogP contribution in [0.1, 0.15) is 83.3 Å². The highest BCUT2D eigenvalue weighted by molar-refractivity contribution is 6.03. The number of rotatable bonds is 11. The molecule has 3 amide bonds. The van der Waals surface area contributed by atoms with Gasteiger partial charge in [-0.2, -0.15) is 0 Å². The van der Waals surface area contributed by atoms with Crippen LogP contribution in [0.25, 0.3) is 0 Å². The molecule has 0 aromatic heterocycles. The zero-order valence-corrected chi connectivity index (χ0v) is 28.5. The number of benzene rings is 1. The molecule has 1 saturated heterocycles. The van der Waals surface area contributed by atoms with Gasteiger partial charge in [0.05, 0.1) is 26.5 Å². The van der Waals surface area contributed by atoms with Crippen LogP contribution < -0.4 is 20.1 Å². The molecule has 0 bridgehead atoms. The number of methoxy groups -OCH3 is 2. The highest BCUT2D eigenvalue weighted by atomic mass is 16.6. The number of oxime groups is 1. The highest BCUT2D eigenvalue weighted by Crippen LogP contribution is 2.45. The number of hydrogen-bond acceptors (Lipinski definition) is 9. The Kier molecular flexibility index (Phi) is 10.3. The van der Waals surface area contributed by atoms with Crippen LogP contribution in [0.2, 0.25) is 0 Å². The summed E-state index contributed by atoms with van der Waals surface area (Å²) in [5.74, 6) is -1.51. The van der Waals surface area contributed by atoms with Crippen molar-refractivity contribution in [2.45, 2.75) is 108 Å². The van der Waals surface area contributed by atoms with Crippen LogP contribution in [0.4, 0.5) is 4.79 Å². The third kappa shape index (κ3) is 7.24. The average molecular weight is 669 g/mol. The lowest BCUT2D eigenvalue weighted by molar-refractivity contribution is -0.146. The van der Waals surface area contributed by atoms with Crippen molar-refractivity contribution >= 4 is 29.6 Å². The molecule has 13 nitrogen and oxygen atoms in total. The number of aryl methyl sites for hydroxylation is 1. The van der Waals surface area contributed by atoms with Gasteiger partial charge in [-0.25, -0.2) is 9.59 Å². The molecule has 0 unspecified atom stereocenters. The van der Waals surface area contributed by atoms with E-state index in [4.69, 9.17) is 19.0 Å². The van der Waals surface area contributed by atoms with Gasteiger partial charge < -0.3 is 39.7 Å². The molecule has 1 aliphatic heterocycles. The lowest BCUT2D eigenvalue weighted by Crippen LogP contribution is -2.59. The van der Waals surface area contributed by atoms with Crippen LogP contribution >= 0.6 is 0 Å². The van der Waals surface area contributed by atoms with Crippen LogP contribution in [0.5, 0.6) is 11.5 Å². The number of nitrogens with one attached hydrogen (secondary N) is 2. The minimum atomic E-state index is -1.48. The number of amides is 3. The van der Waals surface area contributed by atoms with Crippen molar-refractivity contribution in [3.05, 3.63) is 35.9 Å². The third-order valence-electron chi connectivity index (χ3n) is 9.92. The quantitative estimate of drug-likeness (QED) is 0.234. The van der Waals surface area contributed by atoms with E-state index in [0.29, 0.717) is 23.6 Å². The lowest BCUT2D eigenvalue weighted by Gasteiger charge is -2.35. The van der Waals surface area contributed by atoms with Gasteiger partial charge in [0.15, 0.2) is 11.5 Å². The Labute approximate surface area is 281 Å². The number of nitrogens with zero attached hydrogens (tertiary/aromatic N) is 2. The minimum absolute atomic E-state index is 0.00335. The fourth-order valence-corrected chi connectivity index (χ4v) is 7.02. The molecule has 3 N–H and O–H groups in total. The van der Waals surface area contributed by atoms with E-state index >= 15 is 0 Å². The molecule has 48 heavy (non-hydrogen) atoms. The van der Waals surface area contributed by atoms with Crippen molar-refractivity contribution in [3.8, 4) is 11.5 Å². The maximum atomic E-state index is 14.3. The monoisotopic (exact) mass is 668 g/mol. The number of ether oxygens (including phenoxy) is 3. The van der Waals surface area contributed by atoms with E-state index in [1.165, 1.54) is 11.0 Å². The van der Waals surface area contributed by atoms with Crippen molar-refractivity contribution < 1.29 is 43.3 Å². The van der Waals surface area contributed by atoms with E-state index in [0.717, 1.165) is 49.7 Å². The third-order valence-corrected chi connectivity index (χ3v) is 9.92. The largest absolute Gasteiger partial charge is 0.493 e. The molecule has 2 saturated carbocycles. The minimum Gasteiger partial charge on any atom is -0.493 e. The number of carboxylic acid groups (broad SMARTS) is 1. The van der Waals surface area contributed by atoms with Crippen molar-refractivity contribution in [2.24, 2.45) is 16.5 Å². The maximum Gasteiger partial charge on any atom is 0.408 e. The number of carbonyl (C=O) groups excluding carboxylic acids is 3. The fourth-order valence-electron chi connectivity index (χ4n) is 7.02. The Bertz CT molecular complexity index is 1460. The number of carbonyl (C=O) groups is 4. The number of fused-ring (bicyclic) bond motifs is 1. The average Bonchev–Trinajstić information content (AvgIpc) is 3.33. The van der Waals surface area contributed by atoms with Crippen LogP contribution in [0, 0.1) is 11.3 Å². The second-order valence-electron chi connectivity index (χ2n) is 14.3.